The first kappa shape index (κ1) is 18.0. The fourth-order valence-electron chi connectivity index (χ4n) is 2.64. The van der Waals surface area contributed by atoms with E-state index in [2.05, 4.69) is 5.32 Å². The smallest absolute Gasteiger partial charge is 0.273 e. The summed E-state index contributed by atoms with van der Waals surface area (Å²) in [6, 6.07) is 14.0. The molecule has 26 heavy (non-hydrogen) atoms. The van der Waals surface area contributed by atoms with Crippen LogP contribution in [0.15, 0.2) is 48.5 Å². The van der Waals surface area contributed by atoms with Crippen molar-refractivity contribution < 1.29 is 14.8 Å². The Morgan fingerprint density at radius 1 is 1.27 bits per heavy atom. The summed E-state index contributed by atoms with van der Waals surface area (Å²) in [5.41, 5.74) is -0.664. The van der Waals surface area contributed by atoms with Gasteiger partial charge in [0.2, 0.25) is 0 Å². The van der Waals surface area contributed by atoms with Gasteiger partial charge in [0.1, 0.15) is 5.60 Å². The Labute approximate surface area is 154 Å². The van der Waals surface area contributed by atoms with Crippen molar-refractivity contribution in [3.8, 4) is 0 Å². The second kappa shape index (κ2) is 6.86. The topological polar surface area (TPSA) is 92.5 Å². The monoisotopic (exact) mass is 370 g/mol. The van der Waals surface area contributed by atoms with Crippen LogP contribution in [0.4, 0.5) is 5.69 Å². The van der Waals surface area contributed by atoms with Gasteiger partial charge < -0.3 is 10.4 Å². The molecular weight excluding hydrogens is 352 g/mol. The van der Waals surface area contributed by atoms with E-state index in [1.165, 1.54) is 29.5 Å². The van der Waals surface area contributed by atoms with Crippen LogP contribution in [0.25, 0.3) is 10.1 Å². The molecule has 134 valence electrons. The lowest BCUT2D eigenvalue weighted by Gasteiger charge is -2.22. The van der Waals surface area contributed by atoms with Crippen molar-refractivity contribution in [2.24, 2.45) is 0 Å². The normalized spacial score (nSPS) is 13.3. The number of aryl methyl sites for hydroxylation is 1. The number of hydrogen-bond acceptors (Lipinski definition) is 5. The zero-order chi connectivity index (χ0) is 18.9. The van der Waals surface area contributed by atoms with Crippen molar-refractivity contribution in [2.75, 3.05) is 6.54 Å². The number of nitro groups is 1. The maximum atomic E-state index is 12.3. The Kier molecular flexibility index (Phi) is 4.76. The molecule has 0 aliphatic carbocycles. The van der Waals surface area contributed by atoms with Crippen LogP contribution in [0, 0.1) is 17.0 Å². The minimum Gasteiger partial charge on any atom is -0.383 e. The van der Waals surface area contributed by atoms with Crippen molar-refractivity contribution in [3.05, 3.63) is 74.6 Å². The molecule has 3 aromatic rings. The lowest BCUT2D eigenvalue weighted by atomic mass is 10.0. The van der Waals surface area contributed by atoms with E-state index in [1.807, 2.05) is 30.3 Å². The third-order valence-electron chi connectivity index (χ3n) is 4.22. The molecule has 0 aliphatic heterocycles. The number of rotatable bonds is 5. The van der Waals surface area contributed by atoms with Gasteiger partial charge in [0.25, 0.3) is 11.6 Å². The van der Waals surface area contributed by atoms with Crippen LogP contribution in [0.3, 0.4) is 0 Å². The first-order chi connectivity index (χ1) is 12.3. The number of nitro benzene ring substituents is 1. The minimum atomic E-state index is -1.24. The highest BCUT2D eigenvalue weighted by Crippen LogP contribution is 2.32. The van der Waals surface area contributed by atoms with Gasteiger partial charge in [-0.15, -0.1) is 11.3 Å². The van der Waals surface area contributed by atoms with E-state index >= 15 is 0 Å². The van der Waals surface area contributed by atoms with Gasteiger partial charge in [0.05, 0.1) is 11.5 Å². The SMILES string of the molecule is Cc1ccc(C(=O)NCC(C)(O)c2cc3ccccc3s2)cc1[N+](=O)[O-]. The zero-order valence-corrected chi connectivity index (χ0v) is 15.2. The molecule has 1 unspecified atom stereocenters. The average Bonchev–Trinajstić information content (AvgIpc) is 3.05. The van der Waals surface area contributed by atoms with Crippen LogP contribution >= 0.6 is 11.3 Å². The summed E-state index contributed by atoms with van der Waals surface area (Å²) in [4.78, 5) is 23.6. The van der Waals surface area contributed by atoms with Crippen LogP contribution in [-0.2, 0) is 5.60 Å². The second-order valence-electron chi connectivity index (χ2n) is 6.36. The predicted octanol–water partition coefficient (Wildman–Crippen LogP) is 3.76. The van der Waals surface area contributed by atoms with Crippen LogP contribution in [-0.4, -0.2) is 22.5 Å². The summed E-state index contributed by atoms with van der Waals surface area (Å²) in [7, 11) is 0. The quantitative estimate of drug-likeness (QED) is 0.528. The molecule has 3 rings (SSSR count). The summed E-state index contributed by atoms with van der Waals surface area (Å²) >= 11 is 1.47. The standard InChI is InChI=1S/C19H18N2O4S/c1-12-7-8-14(9-15(12)21(24)25)18(22)20-11-19(2,23)17-10-13-5-3-4-6-16(13)26-17/h3-10,23H,11H2,1-2H3,(H,20,22). The second-order valence-corrected chi connectivity index (χ2v) is 7.45. The van der Waals surface area contributed by atoms with Crippen molar-refractivity contribution in [3.63, 3.8) is 0 Å². The van der Waals surface area contributed by atoms with Crippen LogP contribution in [0.2, 0.25) is 0 Å². The molecule has 0 saturated carbocycles. The average molecular weight is 370 g/mol. The number of amides is 1. The molecule has 6 nitrogen and oxygen atoms in total. The molecule has 0 bridgehead atoms. The number of hydrogen-bond donors (Lipinski definition) is 2. The molecule has 0 aliphatic rings. The Morgan fingerprint density at radius 3 is 2.69 bits per heavy atom. The molecule has 1 aromatic heterocycles. The van der Waals surface area contributed by atoms with Gasteiger partial charge in [-0.2, -0.15) is 0 Å². The highest BCUT2D eigenvalue weighted by Gasteiger charge is 2.26. The van der Waals surface area contributed by atoms with E-state index in [-0.39, 0.29) is 17.8 Å². The summed E-state index contributed by atoms with van der Waals surface area (Å²) in [6.07, 6.45) is 0. The molecule has 0 fully saturated rings. The Hall–Kier alpha value is -2.77. The number of nitrogens with one attached hydrogen (secondary N) is 1. The van der Waals surface area contributed by atoms with Gasteiger partial charge in [0.15, 0.2) is 0 Å². The number of benzene rings is 2. The fraction of sp³-hybridized carbons (Fsp3) is 0.211. The first-order valence-electron chi connectivity index (χ1n) is 8.02. The number of carbonyl (C=O) groups excluding carboxylic acids is 1. The van der Waals surface area contributed by atoms with Crippen molar-refractivity contribution in [1.82, 2.24) is 5.32 Å². The number of fused-ring (bicyclic) bond motifs is 1. The highest BCUT2D eigenvalue weighted by atomic mass is 32.1. The maximum Gasteiger partial charge on any atom is 0.273 e. The molecule has 1 amide bonds. The molecule has 0 radical (unpaired) electrons. The predicted molar refractivity (Wildman–Crippen MR) is 102 cm³/mol. The van der Waals surface area contributed by atoms with E-state index in [0.29, 0.717) is 5.56 Å². The number of nitrogens with zero attached hydrogens (tertiary/aromatic N) is 1. The van der Waals surface area contributed by atoms with Crippen molar-refractivity contribution in [1.29, 1.82) is 0 Å². The summed E-state index contributed by atoms with van der Waals surface area (Å²) < 4.78 is 1.06. The highest BCUT2D eigenvalue weighted by molar-refractivity contribution is 7.19. The molecule has 1 heterocycles. The Balaban J connectivity index is 1.75. The molecule has 1 atom stereocenters. The Bertz CT molecular complexity index is 961. The van der Waals surface area contributed by atoms with E-state index in [9.17, 15) is 20.0 Å². The molecular formula is C19H18N2O4S. The number of thiophene rings is 1. The van der Waals surface area contributed by atoms with Gasteiger partial charge >= 0.3 is 0 Å². The molecule has 7 heteroatoms. The first-order valence-corrected chi connectivity index (χ1v) is 8.84. The van der Waals surface area contributed by atoms with Crippen LogP contribution in [0.1, 0.15) is 27.7 Å². The van der Waals surface area contributed by atoms with Crippen molar-refractivity contribution in [2.45, 2.75) is 19.4 Å². The van der Waals surface area contributed by atoms with E-state index < -0.39 is 16.4 Å². The van der Waals surface area contributed by atoms with Gasteiger partial charge in [-0.25, -0.2) is 0 Å². The fourth-order valence-corrected chi connectivity index (χ4v) is 3.74. The van der Waals surface area contributed by atoms with Crippen LogP contribution < -0.4 is 5.32 Å². The summed E-state index contributed by atoms with van der Waals surface area (Å²) in [5.74, 6) is -0.463. The minimum absolute atomic E-state index is 0.000327. The Morgan fingerprint density at radius 2 is 2.00 bits per heavy atom. The number of carbonyl (C=O) groups is 1. The number of aliphatic hydroxyl groups is 1. The lowest BCUT2D eigenvalue weighted by Crippen LogP contribution is -2.38. The van der Waals surface area contributed by atoms with Gasteiger partial charge in [0, 0.05) is 26.8 Å². The third-order valence-corrected chi connectivity index (χ3v) is 5.59. The largest absolute Gasteiger partial charge is 0.383 e. The van der Waals surface area contributed by atoms with E-state index in [1.54, 1.807) is 13.8 Å². The molecule has 2 N–H and O–H groups in total. The summed E-state index contributed by atoms with van der Waals surface area (Å²) in [6.45, 7) is 3.25. The zero-order valence-electron chi connectivity index (χ0n) is 14.4. The summed E-state index contributed by atoms with van der Waals surface area (Å²) in [5, 5.41) is 25.5. The van der Waals surface area contributed by atoms with Gasteiger partial charge in [-0.05, 0) is 37.4 Å². The van der Waals surface area contributed by atoms with Gasteiger partial charge in [-0.3, -0.25) is 14.9 Å². The molecule has 0 saturated heterocycles. The third kappa shape index (κ3) is 3.58. The molecule has 2 aromatic carbocycles. The van der Waals surface area contributed by atoms with Gasteiger partial charge in [-0.1, -0.05) is 24.3 Å². The van der Waals surface area contributed by atoms with Crippen molar-refractivity contribution >= 4 is 33.0 Å². The maximum absolute atomic E-state index is 12.3. The lowest BCUT2D eigenvalue weighted by molar-refractivity contribution is -0.385. The van der Waals surface area contributed by atoms with Crippen LogP contribution in [0.5, 0.6) is 0 Å². The molecule has 0 spiro atoms. The van der Waals surface area contributed by atoms with E-state index in [0.717, 1.165) is 15.0 Å². The van der Waals surface area contributed by atoms with E-state index in [4.69, 9.17) is 0 Å².